The number of carbonyl (C=O) groups excluding carboxylic acids is 1. The van der Waals surface area contributed by atoms with Gasteiger partial charge in [-0.3, -0.25) is 9.69 Å². The molecule has 2 aromatic rings. The Balaban J connectivity index is 0.00000182. The predicted molar refractivity (Wildman–Crippen MR) is 106 cm³/mol. The van der Waals surface area contributed by atoms with Crippen molar-refractivity contribution in [1.82, 2.24) is 4.90 Å². The van der Waals surface area contributed by atoms with Gasteiger partial charge in [0.15, 0.2) is 0 Å². The van der Waals surface area contributed by atoms with Crippen molar-refractivity contribution >= 4 is 39.6 Å². The van der Waals surface area contributed by atoms with E-state index in [1.165, 1.54) is 34.9 Å². The molecule has 0 spiro atoms. The maximum atomic E-state index is 11.6. The summed E-state index contributed by atoms with van der Waals surface area (Å²) in [4.78, 5) is 14.0. The van der Waals surface area contributed by atoms with Crippen molar-refractivity contribution in [3.05, 3.63) is 35.2 Å². The van der Waals surface area contributed by atoms with Crippen LogP contribution in [-0.2, 0) is 16.0 Å². The molecule has 2 atom stereocenters. The number of Topliss-reactive ketones (excluding diaryl/α,β-unsaturated/α-hetero) is 1. The monoisotopic (exact) mass is 379 g/mol. The molecule has 25 heavy (non-hydrogen) atoms. The first-order chi connectivity index (χ1) is 11.8. The van der Waals surface area contributed by atoms with Crippen LogP contribution in [0.1, 0.15) is 37.7 Å². The van der Waals surface area contributed by atoms with Crippen molar-refractivity contribution in [2.24, 2.45) is 0 Å². The molecule has 1 aliphatic carbocycles. The summed E-state index contributed by atoms with van der Waals surface area (Å²) in [6.45, 7) is 2.35. The van der Waals surface area contributed by atoms with Crippen LogP contribution in [0.5, 0.6) is 0 Å². The lowest BCUT2D eigenvalue weighted by molar-refractivity contribution is -0.117. The summed E-state index contributed by atoms with van der Waals surface area (Å²) in [5, 5.41) is 3.64. The zero-order valence-electron chi connectivity index (χ0n) is 14.5. The van der Waals surface area contributed by atoms with Crippen LogP contribution in [0, 0.1) is 0 Å². The fourth-order valence-electron chi connectivity index (χ4n) is 4.17. The Hall–Kier alpha value is -0.940. The van der Waals surface area contributed by atoms with Gasteiger partial charge in [-0.2, -0.15) is 0 Å². The number of nitrogens with zero attached hydrogens (tertiary/aromatic N) is 1. The minimum atomic E-state index is 0. The molecule has 2 fully saturated rings. The minimum absolute atomic E-state index is 0. The van der Waals surface area contributed by atoms with Gasteiger partial charge in [-0.25, -0.2) is 0 Å². The molecule has 1 saturated carbocycles. The van der Waals surface area contributed by atoms with Gasteiger partial charge in [-0.1, -0.05) is 31.0 Å². The van der Waals surface area contributed by atoms with E-state index < -0.39 is 0 Å². The van der Waals surface area contributed by atoms with Gasteiger partial charge in [-0.05, 0) is 41.7 Å². The summed E-state index contributed by atoms with van der Waals surface area (Å²) in [6.07, 6.45) is 6.85. The standard InChI is InChI=1S/C20H25NO2S.ClH/c22-16-9-11-21(13-16)18-6-2-3-7-19(18)23-12-10-15-14-24-20-8-4-1-5-17(15)20;/h1,4-5,8,14,18-19H,2-3,6-7,9-13H2;1H/t18-,19-;/m1./s1. The van der Waals surface area contributed by atoms with E-state index in [9.17, 15) is 4.79 Å². The third-order valence-corrected chi connectivity index (χ3v) is 6.47. The lowest BCUT2D eigenvalue weighted by atomic mass is 9.91. The largest absolute Gasteiger partial charge is 0.376 e. The smallest absolute Gasteiger partial charge is 0.148 e. The van der Waals surface area contributed by atoms with Gasteiger partial charge < -0.3 is 4.74 Å². The number of hydrogen-bond donors (Lipinski definition) is 0. The van der Waals surface area contributed by atoms with Gasteiger partial charge >= 0.3 is 0 Å². The number of likely N-dealkylation sites (tertiary alicyclic amines) is 1. The van der Waals surface area contributed by atoms with Crippen LogP contribution in [0.25, 0.3) is 10.1 Å². The first-order valence-corrected chi connectivity index (χ1v) is 10.0. The van der Waals surface area contributed by atoms with Crippen molar-refractivity contribution in [2.45, 2.75) is 50.7 Å². The average Bonchev–Trinajstić information content (AvgIpc) is 3.22. The molecule has 2 aliphatic rings. The van der Waals surface area contributed by atoms with Gasteiger partial charge in [0.05, 0.1) is 19.3 Å². The number of benzene rings is 1. The number of ketones is 1. The Bertz CT molecular complexity index is 717. The molecule has 0 unspecified atom stereocenters. The number of halogens is 1. The molecular weight excluding hydrogens is 354 g/mol. The highest BCUT2D eigenvalue weighted by Crippen LogP contribution is 2.29. The summed E-state index contributed by atoms with van der Waals surface area (Å²) in [6, 6.07) is 9.06. The summed E-state index contributed by atoms with van der Waals surface area (Å²) >= 11 is 1.82. The number of ether oxygens (including phenoxy) is 1. The van der Waals surface area contributed by atoms with E-state index in [4.69, 9.17) is 4.74 Å². The Morgan fingerprint density at radius 2 is 2.04 bits per heavy atom. The Morgan fingerprint density at radius 1 is 1.20 bits per heavy atom. The van der Waals surface area contributed by atoms with Crippen molar-refractivity contribution < 1.29 is 9.53 Å². The molecule has 0 radical (unpaired) electrons. The van der Waals surface area contributed by atoms with Crippen molar-refractivity contribution in [3.63, 3.8) is 0 Å². The van der Waals surface area contributed by atoms with Crippen LogP contribution in [0.4, 0.5) is 0 Å². The lowest BCUT2D eigenvalue weighted by Gasteiger charge is -2.37. The van der Waals surface area contributed by atoms with E-state index in [0.717, 1.165) is 32.4 Å². The van der Waals surface area contributed by atoms with E-state index >= 15 is 0 Å². The van der Waals surface area contributed by atoms with Crippen molar-refractivity contribution in [1.29, 1.82) is 0 Å². The molecule has 3 nitrogen and oxygen atoms in total. The SMILES string of the molecule is Cl.O=C1CCN([C@@H]2CCCC[C@H]2OCCc2csc3ccccc23)C1. The van der Waals surface area contributed by atoms with Crippen molar-refractivity contribution in [3.8, 4) is 0 Å². The lowest BCUT2D eigenvalue weighted by Crippen LogP contribution is -2.45. The zero-order chi connectivity index (χ0) is 16.4. The van der Waals surface area contributed by atoms with E-state index in [0.29, 0.717) is 24.5 Å². The quantitative estimate of drug-likeness (QED) is 0.767. The molecule has 0 amide bonds. The Labute approximate surface area is 159 Å². The highest BCUT2D eigenvalue weighted by molar-refractivity contribution is 7.17. The molecule has 1 saturated heterocycles. The van der Waals surface area contributed by atoms with E-state index in [1.54, 1.807) is 0 Å². The van der Waals surface area contributed by atoms with E-state index in [1.807, 2.05) is 11.3 Å². The molecule has 136 valence electrons. The van der Waals surface area contributed by atoms with Gasteiger partial charge in [-0.15, -0.1) is 23.7 Å². The molecular formula is C20H26ClNO2S. The second-order valence-electron chi connectivity index (χ2n) is 7.03. The van der Waals surface area contributed by atoms with Crippen LogP contribution >= 0.6 is 23.7 Å². The first-order valence-electron chi connectivity index (χ1n) is 9.14. The Morgan fingerprint density at radius 3 is 2.88 bits per heavy atom. The fourth-order valence-corrected chi connectivity index (χ4v) is 5.17. The summed E-state index contributed by atoms with van der Waals surface area (Å²) in [5.74, 6) is 0.393. The Kier molecular flexibility index (Phi) is 6.50. The minimum Gasteiger partial charge on any atom is -0.376 e. The fraction of sp³-hybridized carbons (Fsp3) is 0.550. The molecule has 4 rings (SSSR count). The topological polar surface area (TPSA) is 29.5 Å². The number of hydrogen-bond acceptors (Lipinski definition) is 4. The highest BCUT2D eigenvalue weighted by atomic mass is 35.5. The molecule has 5 heteroatoms. The predicted octanol–water partition coefficient (Wildman–Crippen LogP) is 4.47. The third kappa shape index (κ3) is 4.25. The summed E-state index contributed by atoms with van der Waals surface area (Å²) < 4.78 is 7.68. The molecule has 2 heterocycles. The number of carbonyl (C=O) groups is 1. The van der Waals surface area contributed by atoms with Gasteiger partial charge in [0.2, 0.25) is 0 Å². The molecule has 0 bridgehead atoms. The number of rotatable bonds is 5. The summed E-state index contributed by atoms with van der Waals surface area (Å²) in [7, 11) is 0. The van der Waals surface area contributed by atoms with E-state index in [2.05, 4.69) is 34.5 Å². The molecule has 0 N–H and O–H groups in total. The highest BCUT2D eigenvalue weighted by Gasteiger charge is 2.34. The van der Waals surface area contributed by atoms with E-state index in [-0.39, 0.29) is 12.4 Å². The van der Waals surface area contributed by atoms with Gasteiger partial charge in [0, 0.05) is 23.7 Å². The average molecular weight is 380 g/mol. The van der Waals surface area contributed by atoms with Gasteiger partial charge in [0.1, 0.15) is 5.78 Å². The first kappa shape index (κ1) is 18.8. The van der Waals surface area contributed by atoms with Crippen LogP contribution < -0.4 is 0 Å². The maximum Gasteiger partial charge on any atom is 0.148 e. The van der Waals surface area contributed by atoms with Gasteiger partial charge in [0.25, 0.3) is 0 Å². The normalized spacial score (nSPS) is 24.6. The molecule has 1 aromatic heterocycles. The second kappa shape index (κ2) is 8.63. The summed E-state index contributed by atoms with van der Waals surface area (Å²) in [5.41, 5.74) is 1.40. The molecule has 1 aromatic carbocycles. The molecule has 1 aliphatic heterocycles. The van der Waals surface area contributed by atoms with Crippen LogP contribution in [-0.4, -0.2) is 42.5 Å². The van der Waals surface area contributed by atoms with Crippen molar-refractivity contribution in [2.75, 3.05) is 19.7 Å². The van der Waals surface area contributed by atoms with Crippen LogP contribution in [0.2, 0.25) is 0 Å². The number of thiophene rings is 1. The zero-order valence-corrected chi connectivity index (χ0v) is 16.1. The second-order valence-corrected chi connectivity index (χ2v) is 7.94. The third-order valence-electron chi connectivity index (χ3n) is 5.46. The maximum absolute atomic E-state index is 11.6. The number of fused-ring (bicyclic) bond motifs is 1. The van der Waals surface area contributed by atoms with Crippen LogP contribution in [0.15, 0.2) is 29.6 Å². The van der Waals surface area contributed by atoms with Crippen LogP contribution in [0.3, 0.4) is 0 Å².